The summed E-state index contributed by atoms with van der Waals surface area (Å²) in [6, 6.07) is 9.76. The molecule has 0 bridgehead atoms. The zero-order valence-corrected chi connectivity index (χ0v) is 10.6. The number of nitrogens with two attached hydrogens (primary N) is 2. The van der Waals surface area contributed by atoms with Gasteiger partial charge in [0.15, 0.2) is 0 Å². The first-order valence-corrected chi connectivity index (χ1v) is 5.72. The summed E-state index contributed by atoms with van der Waals surface area (Å²) in [5.74, 6) is -0.419. The first kappa shape index (κ1) is 13.6. The Bertz CT molecular complexity index is 394. The molecule has 0 aliphatic rings. The number of likely N-dealkylation sites (N-methyl/N-ethyl adjacent to an activating group) is 1. The molecule has 0 aliphatic carbocycles. The molecule has 0 saturated heterocycles. The van der Waals surface area contributed by atoms with Gasteiger partial charge in [-0.15, -0.1) is 0 Å². The molecule has 1 aromatic carbocycles. The lowest BCUT2D eigenvalue weighted by Gasteiger charge is -2.22. The number of rotatable bonds is 6. The van der Waals surface area contributed by atoms with Crippen molar-refractivity contribution in [3.63, 3.8) is 0 Å². The van der Waals surface area contributed by atoms with E-state index in [2.05, 4.69) is 0 Å². The first-order valence-electron chi connectivity index (χ1n) is 5.32. The highest BCUT2D eigenvalue weighted by atomic mass is 32.1. The topological polar surface area (TPSA) is 72.3 Å². The van der Waals surface area contributed by atoms with Crippen LogP contribution >= 0.6 is 12.2 Å². The Labute approximate surface area is 107 Å². The van der Waals surface area contributed by atoms with Crippen molar-refractivity contribution in [2.75, 3.05) is 20.1 Å². The molecule has 0 radical (unpaired) electrons. The molecule has 1 atom stereocenters. The molecule has 0 aromatic heterocycles. The van der Waals surface area contributed by atoms with Crippen LogP contribution in [0.3, 0.4) is 0 Å². The Kier molecular flexibility index (Phi) is 5.06. The molecule has 17 heavy (non-hydrogen) atoms. The molecule has 4 N–H and O–H groups in total. The monoisotopic (exact) mass is 251 g/mol. The molecule has 0 heterocycles. The normalized spacial score (nSPS) is 12.4. The molecule has 0 fully saturated rings. The van der Waals surface area contributed by atoms with Crippen molar-refractivity contribution in [3.05, 3.63) is 35.9 Å². The van der Waals surface area contributed by atoms with Crippen LogP contribution in [-0.4, -0.2) is 35.9 Å². The van der Waals surface area contributed by atoms with Crippen molar-refractivity contribution in [2.24, 2.45) is 11.5 Å². The minimum absolute atomic E-state index is 0.0597. The summed E-state index contributed by atoms with van der Waals surface area (Å²) in [5.41, 5.74) is 11.9. The second kappa shape index (κ2) is 6.32. The van der Waals surface area contributed by atoms with Crippen molar-refractivity contribution < 1.29 is 4.79 Å². The maximum atomic E-state index is 10.8. The van der Waals surface area contributed by atoms with E-state index in [0.717, 1.165) is 5.56 Å². The zero-order valence-electron chi connectivity index (χ0n) is 9.80. The maximum Gasteiger partial charge on any atom is 0.231 e. The Morgan fingerprint density at radius 3 is 2.41 bits per heavy atom. The standard InChI is InChI=1S/C12H17N3OS/c1-15(8-11(13)16)7-10(12(14)17)9-5-3-2-4-6-9/h2-6,10H,7-8H2,1H3,(H2,13,16)(H2,14,17). The van der Waals surface area contributed by atoms with Gasteiger partial charge in [-0.05, 0) is 12.6 Å². The summed E-state index contributed by atoms with van der Waals surface area (Å²) >= 11 is 5.07. The van der Waals surface area contributed by atoms with Gasteiger partial charge < -0.3 is 11.5 Å². The number of amides is 1. The van der Waals surface area contributed by atoms with Crippen LogP contribution < -0.4 is 11.5 Å². The van der Waals surface area contributed by atoms with Crippen LogP contribution in [0.15, 0.2) is 30.3 Å². The Morgan fingerprint density at radius 2 is 1.94 bits per heavy atom. The first-order chi connectivity index (χ1) is 8.00. The van der Waals surface area contributed by atoms with Crippen LogP contribution in [-0.2, 0) is 4.79 Å². The van der Waals surface area contributed by atoms with Crippen molar-refractivity contribution >= 4 is 23.1 Å². The number of hydrogen-bond acceptors (Lipinski definition) is 3. The number of carbonyl (C=O) groups excluding carboxylic acids is 1. The van der Waals surface area contributed by atoms with E-state index in [4.69, 9.17) is 23.7 Å². The molecule has 4 nitrogen and oxygen atoms in total. The highest BCUT2D eigenvalue weighted by molar-refractivity contribution is 7.80. The second-order valence-corrected chi connectivity index (χ2v) is 4.50. The SMILES string of the molecule is CN(CC(N)=O)CC(C(N)=S)c1ccccc1. The van der Waals surface area contributed by atoms with E-state index in [1.54, 1.807) is 0 Å². The van der Waals surface area contributed by atoms with Gasteiger partial charge in [-0.3, -0.25) is 9.69 Å². The van der Waals surface area contributed by atoms with E-state index in [9.17, 15) is 4.79 Å². The summed E-state index contributed by atoms with van der Waals surface area (Å²) in [6.07, 6.45) is 0. The molecular weight excluding hydrogens is 234 g/mol. The van der Waals surface area contributed by atoms with Gasteiger partial charge in [0.25, 0.3) is 0 Å². The van der Waals surface area contributed by atoms with Gasteiger partial charge in [0, 0.05) is 12.5 Å². The van der Waals surface area contributed by atoms with Gasteiger partial charge in [-0.25, -0.2) is 0 Å². The predicted molar refractivity (Wildman–Crippen MR) is 72.7 cm³/mol. The number of benzene rings is 1. The highest BCUT2D eigenvalue weighted by Crippen LogP contribution is 2.16. The molecule has 0 spiro atoms. The lowest BCUT2D eigenvalue weighted by atomic mass is 9.98. The average molecular weight is 251 g/mol. The minimum Gasteiger partial charge on any atom is -0.393 e. The molecular formula is C12H17N3OS. The van der Waals surface area contributed by atoms with E-state index >= 15 is 0 Å². The maximum absolute atomic E-state index is 10.8. The van der Waals surface area contributed by atoms with Crippen molar-refractivity contribution in [1.29, 1.82) is 0 Å². The van der Waals surface area contributed by atoms with Crippen LogP contribution in [0.1, 0.15) is 11.5 Å². The van der Waals surface area contributed by atoms with E-state index in [1.165, 1.54) is 0 Å². The van der Waals surface area contributed by atoms with Gasteiger partial charge in [0.1, 0.15) is 0 Å². The lowest BCUT2D eigenvalue weighted by Crippen LogP contribution is -2.36. The van der Waals surface area contributed by atoms with Gasteiger partial charge in [-0.1, -0.05) is 42.5 Å². The van der Waals surface area contributed by atoms with Gasteiger partial charge in [-0.2, -0.15) is 0 Å². The average Bonchev–Trinajstić information content (AvgIpc) is 2.25. The van der Waals surface area contributed by atoms with Crippen LogP contribution in [0.25, 0.3) is 0 Å². The largest absolute Gasteiger partial charge is 0.393 e. The van der Waals surface area contributed by atoms with Gasteiger partial charge >= 0.3 is 0 Å². The number of hydrogen-bond donors (Lipinski definition) is 2. The summed E-state index contributed by atoms with van der Waals surface area (Å²) in [4.78, 5) is 13.1. The Hall–Kier alpha value is -1.46. The second-order valence-electron chi connectivity index (χ2n) is 4.03. The van der Waals surface area contributed by atoms with Crippen LogP contribution in [0.5, 0.6) is 0 Å². The van der Waals surface area contributed by atoms with Crippen LogP contribution in [0.4, 0.5) is 0 Å². The Balaban J connectivity index is 2.74. The van der Waals surface area contributed by atoms with Gasteiger partial charge in [0.2, 0.25) is 5.91 Å². The highest BCUT2D eigenvalue weighted by Gasteiger charge is 2.17. The van der Waals surface area contributed by atoms with Gasteiger partial charge in [0.05, 0.1) is 11.5 Å². The molecule has 0 aliphatic heterocycles. The summed E-state index contributed by atoms with van der Waals surface area (Å²) in [6.45, 7) is 0.786. The lowest BCUT2D eigenvalue weighted by molar-refractivity contribution is -0.118. The Morgan fingerprint density at radius 1 is 1.35 bits per heavy atom. The molecule has 1 unspecified atom stereocenters. The fourth-order valence-electron chi connectivity index (χ4n) is 1.69. The predicted octanol–water partition coefficient (Wildman–Crippen LogP) is 0.473. The van der Waals surface area contributed by atoms with Crippen LogP contribution in [0.2, 0.25) is 0 Å². The number of primary amides is 1. The van der Waals surface area contributed by atoms with Crippen molar-refractivity contribution in [3.8, 4) is 0 Å². The van der Waals surface area contributed by atoms with E-state index in [-0.39, 0.29) is 18.4 Å². The molecule has 1 rings (SSSR count). The minimum atomic E-state index is -0.359. The zero-order chi connectivity index (χ0) is 12.8. The fourth-order valence-corrected chi connectivity index (χ4v) is 1.90. The summed E-state index contributed by atoms with van der Waals surface area (Å²) in [7, 11) is 1.82. The van der Waals surface area contributed by atoms with Crippen LogP contribution in [0, 0.1) is 0 Å². The molecule has 1 aromatic rings. The summed E-state index contributed by atoms with van der Waals surface area (Å²) in [5, 5.41) is 0. The van der Waals surface area contributed by atoms with E-state index < -0.39 is 0 Å². The number of carbonyl (C=O) groups is 1. The van der Waals surface area contributed by atoms with Crippen molar-refractivity contribution in [2.45, 2.75) is 5.92 Å². The van der Waals surface area contributed by atoms with E-state index in [0.29, 0.717) is 11.5 Å². The van der Waals surface area contributed by atoms with Crippen molar-refractivity contribution in [1.82, 2.24) is 4.90 Å². The fraction of sp³-hybridized carbons (Fsp3) is 0.333. The number of nitrogens with zero attached hydrogens (tertiary/aromatic N) is 1. The molecule has 92 valence electrons. The summed E-state index contributed by atoms with van der Waals surface area (Å²) < 4.78 is 0. The third-order valence-electron chi connectivity index (χ3n) is 2.47. The third kappa shape index (κ3) is 4.50. The van der Waals surface area contributed by atoms with E-state index in [1.807, 2.05) is 42.3 Å². The molecule has 0 saturated carbocycles. The smallest absolute Gasteiger partial charge is 0.231 e. The quantitative estimate of drug-likeness (QED) is 0.721. The molecule has 5 heteroatoms. The number of thiocarbonyl (C=S) groups is 1. The molecule has 1 amide bonds. The third-order valence-corrected chi connectivity index (χ3v) is 2.75.